The van der Waals surface area contributed by atoms with E-state index in [1.165, 1.54) is 5.56 Å². The largest absolute Gasteiger partial charge is 0.466 e. The van der Waals surface area contributed by atoms with Gasteiger partial charge in [0.2, 0.25) is 0 Å². The normalized spacial score (nSPS) is 20.4. The minimum atomic E-state index is -1.11. The van der Waals surface area contributed by atoms with E-state index >= 15 is 0 Å². The van der Waals surface area contributed by atoms with E-state index in [4.69, 9.17) is 4.42 Å². The number of nitrogens with one attached hydrogen (secondary N) is 1. The van der Waals surface area contributed by atoms with Crippen LogP contribution in [0, 0.1) is 5.92 Å². The van der Waals surface area contributed by atoms with Crippen molar-refractivity contribution in [3.8, 4) is 0 Å². The quantitative estimate of drug-likeness (QED) is 0.607. The summed E-state index contributed by atoms with van der Waals surface area (Å²) >= 11 is 0. The number of aliphatic hydroxyl groups is 1. The Kier molecular flexibility index (Phi) is 5.66. The summed E-state index contributed by atoms with van der Waals surface area (Å²) in [5, 5.41) is 18.2. The second-order valence-electron chi connectivity index (χ2n) is 7.25. The lowest BCUT2D eigenvalue weighted by Gasteiger charge is -2.24. The van der Waals surface area contributed by atoms with Gasteiger partial charge in [-0.1, -0.05) is 0 Å². The van der Waals surface area contributed by atoms with Crippen LogP contribution in [0.4, 0.5) is 0 Å². The Labute approximate surface area is 154 Å². The van der Waals surface area contributed by atoms with Gasteiger partial charge in [-0.15, -0.1) is 0 Å². The fraction of sp³-hybridized carbons (Fsp3) is 0.579. The first-order valence-corrected chi connectivity index (χ1v) is 9.25. The standard InChI is InChI=1S/C19H29N5O2/c1-4-20-18(21-14-19(2,25)17-6-5-9-26-17)24-8-7-15(13-24)10-16-11-22-23(3)12-16/h5-6,9,11-12,15,25H,4,7-8,10,13-14H2,1-3H3,(H,20,21). The summed E-state index contributed by atoms with van der Waals surface area (Å²) in [4.78, 5) is 6.95. The summed E-state index contributed by atoms with van der Waals surface area (Å²) in [6.45, 7) is 6.78. The molecule has 7 nitrogen and oxygen atoms in total. The van der Waals surface area contributed by atoms with E-state index < -0.39 is 5.60 Å². The van der Waals surface area contributed by atoms with Gasteiger partial charge in [-0.05, 0) is 50.3 Å². The van der Waals surface area contributed by atoms with E-state index in [-0.39, 0.29) is 6.54 Å². The Bertz CT molecular complexity index is 720. The lowest BCUT2D eigenvalue weighted by atomic mass is 10.0. The molecule has 1 aliphatic rings. The van der Waals surface area contributed by atoms with Gasteiger partial charge in [0, 0.05) is 32.9 Å². The minimum absolute atomic E-state index is 0.257. The van der Waals surface area contributed by atoms with Crippen LogP contribution in [0.25, 0.3) is 0 Å². The van der Waals surface area contributed by atoms with Gasteiger partial charge < -0.3 is 19.7 Å². The number of aliphatic imine (C=N–C) groups is 1. The Morgan fingerprint density at radius 1 is 1.54 bits per heavy atom. The Balaban J connectivity index is 1.62. The summed E-state index contributed by atoms with van der Waals surface area (Å²) in [5.74, 6) is 1.98. The van der Waals surface area contributed by atoms with Gasteiger partial charge in [-0.25, -0.2) is 4.99 Å². The van der Waals surface area contributed by atoms with E-state index in [1.807, 2.05) is 17.9 Å². The van der Waals surface area contributed by atoms with Crippen molar-refractivity contribution in [3.05, 3.63) is 42.1 Å². The van der Waals surface area contributed by atoms with Crippen LogP contribution in [0.5, 0.6) is 0 Å². The van der Waals surface area contributed by atoms with Crippen molar-refractivity contribution in [1.29, 1.82) is 0 Å². The number of likely N-dealkylation sites (tertiary alicyclic amines) is 1. The van der Waals surface area contributed by atoms with Crippen molar-refractivity contribution in [2.45, 2.75) is 32.3 Å². The lowest BCUT2D eigenvalue weighted by Crippen LogP contribution is -2.41. The highest BCUT2D eigenvalue weighted by atomic mass is 16.4. The molecule has 2 aromatic rings. The molecule has 26 heavy (non-hydrogen) atoms. The van der Waals surface area contributed by atoms with Gasteiger partial charge in [0.15, 0.2) is 5.96 Å². The molecule has 3 rings (SSSR count). The van der Waals surface area contributed by atoms with Crippen molar-refractivity contribution in [1.82, 2.24) is 20.0 Å². The Morgan fingerprint density at radius 3 is 3.04 bits per heavy atom. The maximum Gasteiger partial charge on any atom is 0.194 e. The van der Waals surface area contributed by atoms with Crippen molar-refractivity contribution in [2.75, 3.05) is 26.2 Å². The van der Waals surface area contributed by atoms with Crippen LogP contribution in [0.15, 0.2) is 40.2 Å². The molecule has 0 aromatic carbocycles. The number of aromatic nitrogens is 2. The topological polar surface area (TPSA) is 78.8 Å². The third-order valence-corrected chi connectivity index (χ3v) is 4.79. The number of hydrogen-bond donors (Lipinski definition) is 2. The summed E-state index contributed by atoms with van der Waals surface area (Å²) in [7, 11) is 1.95. The summed E-state index contributed by atoms with van der Waals surface area (Å²) in [6, 6.07) is 3.56. The zero-order valence-corrected chi connectivity index (χ0v) is 15.9. The second-order valence-corrected chi connectivity index (χ2v) is 7.25. The first-order valence-electron chi connectivity index (χ1n) is 9.25. The van der Waals surface area contributed by atoms with Crippen LogP contribution in [0.1, 0.15) is 31.6 Å². The fourth-order valence-electron chi connectivity index (χ4n) is 3.42. The molecule has 0 radical (unpaired) electrons. The first kappa shape index (κ1) is 18.5. The molecule has 7 heteroatoms. The van der Waals surface area contributed by atoms with Crippen molar-refractivity contribution in [2.24, 2.45) is 18.0 Å². The Morgan fingerprint density at radius 2 is 2.38 bits per heavy atom. The predicted octanol–water partition coefficient (Wildman–Crippen LogP) is 1.75. The van der Waals surface area contributed by atoms with E-state index in [9.17, 15) is 5.11 Å². The smallest absolute Gasteiger partial charge is 0.194 e. The van der Waals surface area contributed by atoms with E-state index in [0.29, 0.717) is 11.7 Å². The molecule has 0 aliphatic carbocycles. The first-order chi connectivity index (χ1) is 12.5. The third-order valence-electron chi connectivity index (χ3n) is 4.79. The minimum Gasteiger partial charge on any atom is -0.466 e. The monoisotopic (exact) mass is 359 g/mol. The van der Waals surface area contributed by atoms with Crippen molar-refractivity contribution in [3.63, 3.8) is 0 Å². The van der Waals surface area contributed by atoms with Gasteiger partial charge in [-0.2, -0.15) is 5.10 Å². The summed E-state index contributed by atoms with van der Waals surface area (Å²) in [6.07, 6.45) is 7.77. The number of aryl methyl sites for hydroxylation is 1. The SMILES string of the molecule is CCNC(=NCC(C)(O)c1ccco1)N1CCC(Cc2cnn(C)c2)C1. The van der Waals surface area contributed by atoms with E-state index in [1.54, 1.807) is 25.3 Å². The van der Waals surface area contributed by atoms with Crippen LogP contribution in [-0.4, -0.2) is 51.9 Å². The number of nitrogens with zero attached hydrogens (tertiary/aromatic N) is 4. The third kappa shape index (κ3) is 4.46. The Hall–Kier alpha value is -2.28. The van der Waals surface area contributed by atoms with Crippen molar-refractivity contribution >= 4 is 5.96 Å². The molecular formula is C19H29N5O2. The number of furan rings is 1. The van der Waals surface area contributed by atoms with Gasteiger partial charge in [0.25, 0.3) is 0 Å². The molecule has 2 N–H and O–H groups in total. The van der Waals surface area contributed by atoms with Crippen LogP contribution < -0.4 is 5.32 Å². The molecule has 0 bridgehead atoms. The molecule has 1 saturated heterocycles. The zero-order valence-electron chi connectivity index (χ0n) is 15.9. The molecular weight excluding hydrogens is 330 g/mol. The van der Waals surface area contributed by atoms with Gasteiger partial charge in [0.05, 0.1) is 19.0 Å². The van der Waals surface area contributed by atoms with Crippen LogP contribution in [0.2, 0.25) is 0 Å². The van der Waals surface area contributed by atoms with Gasteiger partial charge in [-0.3, -0.25) is 4.68 Å². The molecule has 1 fully saturated rings. The molecule has 3 heterocycles. The van der Waals surface area contributed by atoms with Crippen molar-refractivity contribution < 1.29 is 9.52 Å². The zero-order chi connectivity index (χ0) is 18.6. The second kappa shape index (κ2) is 7.95. The molecule has 0 saturated carbocycles. The summed E-state index contributed by atoms with van der Waals surface area (Å²) in [5.41, 5.74) is 0.168. The highest BCUT2D eigenvalue weighted by Gasteiger charge is 2.29. The molecule has 2 aromatic heterocycles. The average molecular weight is 359 g/mol. The molecule has 2 atom stereocenters. The number of hydrogen-bond acceptors (Lipinski definition) is 4. The van der Waals surface area contributed by atoms with E-state index in [0.717, 1.165) is 38.4 Å². The maximum atomic E-state index is 10.6. The molecule has 142 valence electrons. The molecule has 0 amide bonds. The van der Waals surface area contributed by atoms with Crippen LogP contribution >= 0.6 is 0 Å². The van der Waals surface area contributed by atoms with E-state index in [2.05, 4.69) is 33.4 Å². The molecule has 2 unspecified atom stereocenters. The van der Waals surface area contributed by atoms with Crippen LogP contribution in [0.3, 0.4) is 0 Å². The number of rotatable bonds is 6. The number of guanidine groups is 1. The molecule has 1 aliphatic heterocycles. The highest BCUT2D eigenvalue weighted by Crippen LogP contribution is 2.23. The lowest BCUT2D eigenvalue weighted by molar-refractivity contribution is 0.0435. The highest BCUT2D eigenvalue weighted by molar-refractivity contribution is 5.80. The fourth-order valence-corrected chi connectivity index (χ4v) is 3.42. The van der Waals surface area contributed by atoms with Gasteiger partial charge in [0.1, 0.15) is 11.4 Å². The predicted molar refractivity (Wildman–Crippen MR) is 101 cm³/mol. The molecule has 0 spiro atoms. The van der Waals surface area contributed by atoms with Crippen LogP contribution in [-0.2, 0) is 19.1 Å². The van der Waals surface area contributed by atoms with Gasteiger partial charge >= 0.3 is 0 Å². The maximum absolute atomic E-state index is 10.6. The average Bonchev–Trinajstić information content (AvgIpc) is 3.34. The summed E-state index contributed by atoms with van der Waals surface area (Å²) < 4.78 is 7.19.